The number of nitrogens with zero attached hydrogens (tertiary/aromatic N) is 2. The molecule has 0 unspecified atom stereocenters. The number of likely N-dealkylation sites (tertiary alicyclic amines) is 1. The van der Waals surface area contributed by atoms with E-state index in [9.17, 15) is 9.59 Å². The average Bonchev–Trinajstić information content (AvgIpc) is 3.01. The topological polar surface area (TPSA) is 75.9 Å². The van der Waals surface area contributed by atoms with Gasteiger partial charge in [0.05, 0.1) is 6.54 Å². The van der Waals surface area contributed by atoms with Crippen LogP contribution in [0, 0.1) is 5.92 Å². The second-order valence-corrected chi connectivity index (χ2v) is 5.62. The van der Waals surface area contributed by atoms with E-state index in [4.69, 9.17) is 10.5 Å². The van der Waals surface area contributed by atoms with E-state index >= 15 is 0 Å². The van der Waals surface area contributed by atoms with E-state index < -0.39 is 0 Å². The van der Waals surface area contributed by atoms with Gasteiger partial charge in [-0.05, 0) is 17.9 Å². The summed E-state index contributed by atoms with van der Waals surface area (Å²) < 4.78 is 5.32. The second kappa shape index (κ2) is 7.79. The predicted octanol–water partition coefficient (Wildman–Crippen LogP) is 1.06. The van der Waals surface area contributed by atoms with Crippen LogP contribution in [0.5, 0.6) is 0 Å². The SMILES string of the molecule is CN(C[C@H]1CCN(C(=O)OCc2ccccc2)C1)C(=O)CN. The zero-order valence-electron chi connectivity index (χ0n) is 12.9. The zero-order chi connectivity index (χ0) is 15.9. The molecule has 6 nitrogen and oxygen atoms in total. The van der Waals surface area contributed by atoms with E-state index in [-0.39, 0.29) is 31.1 Å². The lowest BCUT2D eigenvalue weighted by Crippen LogP contribution is -2.37. The Morgan fingerprint density at radius 1 is 1.36 bits per heavy atom. The smallest absolute Gasteiger partial charge is 0.410 e. The Hall–Kier alpha value is -2.08. The molecule has 22 heavy (non-hydrogen) atoms. The van der Waals surface area contributed by atoms with Crippen LogP contribution in [0.1, 0.15) is 12.0 Å². The molecular formula is C16H23N3O3. The molecule has 0 bridgehead atoms. The van der Waals surface area contributed by atoms with Gasteiger partial charge >= 0.3 is 6.09 Å². The lowest BCUT2D eigenvalue weighted by molar-refractivity contribution is -0.128. The highest BCUT2D eigenvalue weighted by Crippen LogP contribution is 2.18. The number of amides is 2. The molecule has 0 saturated carbocycles. The predicted molar refractivity (Wildman–Crippen MR) is 83.0 cm³/mol. The quantitative estimate of drug-likeness (QED) is 0.882. The first-order valence-corrected chi connectivity index (χ1v) is 7.49. The first-order chi connectivity index (χ1) is 10.6. The van der Waals surface area contributed by atoms with Crippen molar-refractivity contribution in [3.8, 4) is 0 Å². The number of nitrogens with two attached hydrogens (primary N) is 1. The first-order valence-electron chi connectivity index (χ1n) is 7.49. The minimum Gasteiger partial charge on any atom is -0.445 e. The molecule has 1 atom stereocenters. The minimum atomic E-state index is -0.292. The van der Waals surface area contributed by atoms with Gasteiger partial charge in [-0.25, -0.2) is 4.79 Å². The Balaban J connectivity index is 1.75. The number of rotatable bonds is 5. The maximum atomic E-state index is 12.0. The second-order valence-electron chi connectivity index (χ2n) is 5.62. The van der Waals surface area contributed by atoms with Crippen LogP contribution < -0.4 is 5.73 Å². The van der Waals surface area contributed by atoms with Crippen LogP contribution in [-0.4, -0.2) is 55.0 Å². The van der Waals surface area contributed by atoms with Gasteiger partial charge in [-0.15, -0.1) is 0 Å². The third kappa shape index (κ3) is 4.46. The van der Waals surface area contributed by atoms with Gasteiger partial charge in [0.1, 0.15) is 6.61 Å². The van der Waals surface area contributed by atoms with Gasteiger partial charge in [0.15, 0.2) is 0 Å². The first kappa shape index (κ1) is 16.3. The largest absolute Gasteiger partial charge is 0.445 e. The van der Waals surface area contributed by atoms with Crippen LogP contribution in [0.15, 0.2) is 30.3 Å². The summed E-state index contributed by atoms with van der Waals surface area (Å²) in [5.74, 6) is 0.204. The van der Waals surface area contributed by atoms with Crippen molar-refractivity contribution in [3.63, 3.8) is 0 Å². The van der Waals surface area contributed by atoms with E-state index in [1.54, 1.807) is 16.8 Å². The van der Waals surface area contributed by atoms with E-state index in [0.717, 1.165) is 12.0 Å². The fourth-order valence-electron chi connectivity index (χ4n) is 2.60. The van der Waals surface area contributed by atoms with Crippen molar-refractivity contribution in [1.82, 2.24) is 9.80 Å². The van der Waals surface area contributed by atoms with Gasteiger partial charge in [-0.3, -0.25) is 4.79 Å². The van der Waals surface area contributed by atoms with Crippen LogP contribution in [0.2, 0.25) is 0 Å². The summed E-state index contributed by atoms with van der Waals surface area (Å²) in [6.45, 7) is 2.22. The Morgan fingerprint density at radius 3 is 2.77 bits per heavy atom. The summed E-state index contributed by atoms with van der Waals surface area (Å²) in [5.41, 5.74) is 6.31. The van der Waals surface area contributed by atoms with Gasteiger partial charge in [-0.1, -0.05) is 30.3 Å². The minimum absolute atomic E-state index is 0.0199. The normalized spacial score (nSPS) is 17.4. The van der Waals surface area contributed by atoms with Crippen molar-refractivity contribution in [2.24, 2.45) is 11.7 Å². The molecule has 0 spiro atoms. The summed E-state index contributed by atoms with van der Waals surface area (Å²) in [7, 11) is 1.74. The molecule has 6 heteroatoms. The fourth-order valence-corrected chi connectivity index (χ4v) is 2.60. The maximum absolute atomic E-state index is 12.0. The van der Waals surface area contributed by atoms with Crippen LogP contribution in [-0.2, 0) is 16.1 Å². The van der Waals surface area contributed by atoms with Crippen LogP contribution >= 0.6 is 0 Å². The summed E-state index contributed by atoms with van der Waals surface area (Å²) in [6.07, 6.45) is 0.585. The molecule has 1 saturated heterocycles. The molecule has 1 aliphatic heterocycles. The molecule has 0 aromatic heterocycles. The lowest BCUT2D eigenvalue weighted by Gasteiger charge is -2.21. The summed E-state index contributed by atoms with van der Waals surface area (Å²) >= 11 is 0. The van der Waals surface area contributed by atoms with Crippen molar-refractivity contribution in [3.05, 3.63) is 35.9 Å². The molecule has 0 aliphatic carbocycles. The monoisotopic (exact) mass is 305 g/mol. The fraction of sp³-hybridized carbons (Fsp3) is 0.500. The van der Waals surface area contributed by atoms with Crippen LogP contribution in [0.4, 0.5) is 4.79 Å². The Morgan fingerprint density at radius 2 is 2.09 bits per heavy atom. The van der Waals surface area contributed by atoms with E-state index in [1.165, 1.54) is 0 Å². The maximum Gasteiger partial charge on any atom is 0.410 e. The van der Waals surface area contributed by atoms with Crippen LogP contribution in [0.3, 0.4) is 0 Å². The third-order valence-electron chi connectivity index (χ3n) is 3.88. The molecular weight excluding hydrogens is 282 g/mol. The van der Waals surface area contributed by atoms with Gasteiger partial charge < -0.3 is 20.3 Å². The van der Waals surface area contributed by atoms with Crippen molar-refractivity contribution in [2.75, 3.05) is 33.2 Å². The average molecular weight is 305 g/mol. The Labute approximate surface area is 130 Å². The molecule has 2 rings (SSSR count). The van der Waals surface area contributed by atoms with E-state index in [0.29, 0.717) is 19.6 Å². The highest BCUT2D eigenvalue weighted by Gasteiger charge is 2.28. The number of hydrogen-bond acceptors (Lipinski definition) is 4. The van der Waals surface area contributed by atoms with Crippen molar-refractivity contribution in [2.45, 2.75) is 13.0 Å². The zero-order valence-corrected chi connectivity index (χ0v) is 12.9. The molecule has 2 N–H and O–H groups in total. The molecule has 0 radical (unpaired) electrons. The third-order valence-corrected chi connectivity index (χ3v) is 3.88. The molecule has 1 aromatic rings. The Kier molecular flexibility index (Phi) is 5.77. The molecule has 1 aliphatic rings. The van der Waals surface area contributed by atoms with Gasteiger partial charge in [0.2, 0.25) is 5.91 Å². The molecule has 1 aromatic carbocycles. The van der Waals surface area contributed by atoms with E-state index in [2.05, 4.69) is 0 Å². The standard InChI is InChI=1S/C16H23N3O3/c1-18(15(20)9-17)10-14-7-8-19(11-14)16(21)22-12-13-5-3-2-4-6-13/h2-6,14H,7-12,17H2,1H3/t14-/m1/s1. The number of hydrogen-bond donors (Lipinski definition) is 1. The summed E-state index contributed by atoms with van der Waals surface area (Å²) in [5, 5.41) is 0. The van der Waals surface area contributed by atoms with Gasteiger partial charge in [-0.2, -0.15) is 0 Å². The summed E-state index contributed by atoms with van der Waals surface area (Å²) in [4.78, 5) is 26.8. The molecule has 2 amide bonds. The number of carbonyl (C=O) groups excluding carboxylic acids is 2. The number of carbonyl (C=O) groups is 2. The Bertz CT molecular complexity index is 507. The van der Waals surface area contributed by atoms with Gasteiger partial charge in [0.25, 0.3) is 0 Å². The molecule has 120 valence electrons. The summed E-state index contributed by atoms with van der Waals surface area (Å²) in [6, 6.07) is 9.61. The highest BCUT2D eigenvalue weighted by atomic mass is 16.6. The van der Waals surface area contributed by atoms with Crippen molar-refractivity contribution in [1.29, 1.82) is 0 Å². The van der Waals surface area contributed by atoms with E-state index in [1.807, 2.05) is 30.3 Å². The van der Waals surface area contributed by atoms with Crippen molar-refractivity contribution >= 4 is 12.0 Å². The molecule has 1 fully saturated rings. The van der Waals surface area contributed by atoms with Crippen molar-refractivity contribution < 1.29 is 14.3 Å². The number of benzene rings is 1. The lowest BCUT2D eigenvalue weighted by atomic mass is 10.1. The van der Waals surface area contributed by atoms with Crippen LogP contribution in [0.25, 0.3) is 0 Å². The van der Waals surface area contributed by atoms with Gasteiger partial charge in [0, 0.05) is 26.7 Å². The number of ether oxygens (including phenoxy) is 1. The highest BCUT2D eigenvalue weighted by molar-refractivity contribution is 5.77. The molecule has 1 heterocycles. The number of likely N-dealkylation sites (N-methyl/N-ethyl adjacent to an activating group) is 1.